The number of rotatable bonds is 2. The van der Waals surface area contributed by atoms with Crippen LogP contribution in [0, 0.1) is 6.92 Å². The van der Waals surface area contributed by atoms with Gasteiger partial charge in [0.15, 0.2) is 0 Å². The first kappa shape index (κ1) is 11.5. The SMILES string of the molecule is Cc1ccc([B-]2(c3ccccc3)[NH2+]CCO2)cc1. The molecule has 2 N–H and O–H groups in total. The topological polar surface area (TPSA) is 25.8 Å². The van der Waals surface area contributed by atoms with Crippen LogP contribution in [0.2, 0.25) is 0 Å². The molecule has 1 aliphatic rings. The molecular formula is C15H18BNO. The van der Waals surface area contributed by atoms with Crippen molar-refractivity contribution >= 4 is 17.4 Å². The highest BCUT2D eigenvalue weighted by molar-refractivity contribution is 6.90. The maximum atomic E-state index is 6.16. The molecule has 1 saturated heterocycles. The quantitative estimate of drug-likeness (QED) is 0.741. The zero-order valence-corrected chi connectivity index (χ0v) is 10.7. The lowest BCUT2D eigenvalue weighted by atomic mass is 9.42. The molecule has 18 heavy (non-hydrogen) atoms. The predicted molar refractivity (Wildman–Crippen MR) is 75.4 cm³/mol. The van der Waals surface area contributed by atoms with E-state index in [1.165, 1.54) is 16.5 Å². The number of aryl methyl sites for hydroxylation is 1. The van der Waals surface area contributed by atoms with Gasteiger partial charge < -0.3 is 9.88 Å². The highest BCUT2D eigenvalue weighted by atomic mass is 16.5. The Kier molecular flexibility index (Phi) is 2.94. The minimum Gasteiger partial charge on any atom is -0.528 e. The molecule has 1 aliphatic heterocycles. The average molecular weight is 239 g/mol. The van der Waals surface area contributed by atoms with Gasteiger partial charge in [0, 0.05) is 0 Å². The Balaban J connectivity index is 2.10. The van der Waals surface area contributed by atoms with Crippen LogP contribution in [0.1, 0.15) is 5.56 Å². The van der Waals surface area contributed by atoms with Crippen LogP contribution in [0.3, 0.4) is 0 Å². The third-order valence-corrected chi connectivity index (χ3v) is 3.86. The van der Waals surface area contributed by atoms with E-state index in [0.717, 1.165) is 13.2 Å². The molecule has 0 aromatic heterocycles. The molecule has 1 heterocycles. The Bertz CT molecular complexity index is 518. The van der Waals surface area contributed by atoms with Gasteiger partial charge in [-0.05, 0) is 6.92 Å². The van der Waals surface area contributed by atoms with Gasteiger partial charge in [-0.25, -0.2) is 0 Å². The van der Waals surface area contributed by atoms with E-state index < -0.39 is 6.48 Å². The molecular weight excluding hydrogens is 221 g/mol. The summed E-state index contributed by atoms with van der Waals surface area (Å²) in [4.78, 5) is 0. The van der Waals surface area contributed by atoms with Crippen LogP contribution in [-0.2, 0) is 4.65 Å². The predicted octanol–water partition coefficient (Wildman–Crippen LogP) is 0.145. The van der Waals surface area contributed by atoms with E-state index in [1.807, 2.05) is 0 Å². The molecule has 1 atom stereocenters. The van der Waals surface area contributed by atoms with Crippen LogP contribution in [0.15, 0.2) is 54.6 Å². The summed E-state index contributed by atoms with van der Waals surface area (Å²) >= 11 is 0. The van der Waals surface area contributed by atoms with Crippen molar-refractivity contribution in [3.8, 4) is 0 Å². The molecule has 0 aliphatic carbocycles. The Morgan fingerprint density at radius 2 is 1.61 bits per heavy atom. The summed E-state index contributed by atoms with van der Waals surface area (Å²) in [5.74, 6) is 0. The van der Waals surface area contributed by atoms with Gasteiger partial charge >= 0.3 is 6.48 Å². The van der Waals surface area contributed by atoms with E-state index in [-0.39, 0.29) is 0 Å². The zero-order chi connectivity index (χ0) is 12.4. The van der Waals surface area contributed by atoms with E-state index in [2.05, 4.69) is 66.7 Å². The smallest absolute Gasteiger partial charge is 0.388 e. The lowest BCUT2D eigenvalue weighted by Gasteiger charge is -2.31. The molecule has 2 aromatic carbocycles. The van der Waals surface area contributed by atoms with Gasteiger partial charge in [0.25, 0.3) is 0 Å². The van der Waals surface area contributed by atoms with E-state index in [1.54, 1.807) is 0 Å². The fraction of sp³-hybridized carbons (Fsp3) is 0.200. The second-order valence-corrected chi connectivity index (χ2v) is 5.07. The summed E-state index contributed by atoms with van der Waals surface area (Å²) in [6, 6.07) is 19.3. The number of nitrogens with two attached hydrogens (primary N) is 1. The molecule has 2 nitrogen and oxygen atoms in total. The van der Waals surface area contributed by atoms with Crippen molar-refractivity contribution in [3.05, 3.63) is 60.2 Å². The number of hydrogen-bond donors (Lipinski definition) is 1. The molecule has 0 amide bonds. The summed E-state index contributed by atoms with van der Waals surface area (Å²) in [5, 5.41) is 2.35. The Labute approximate surface area is 108 Å². The Hall–Kier alpha value is -1.58. The third-order valence-electron chi connectivity index (χ3n) is 3.86. The van der Waals surface area contributed by atoms with Crippen molar-refractivity contribution in [3.63, 3.8) is 0 Å². The molecule has 0 radical (unpaired) electrons. The lowest BCUT2D eigenvalue weighted by Crippen LogP contribution is -3.04. The van der Waals surface area contributed by atoms with Gasteiger partial charge in [0.2, 0.25) is 0 Å². The van der Waals surface area contributed by atoms with Gasteiger partial charge in [0.1, 0.15) is 0 Å². The van der Waals surface area contributed by atoms with Crippen LogP contribution < -0.4 is 16.2 Å². The van der Waals surface area contributed by atoms with E-state index in [9.17, 15) is 0 Å². The van der Waals surface area contributed by atoms with Crippen LogP contribution in [0.25, 0.3) is 0 Å². The molecule has 0 saturated carbocycles. The maximum Gasteiger partial charge on any atom is 0.388 e. The molecule has 0 spiro atoms. The Morgan fingerprint density at radius 3 is 2.22 bits per heavy atom. The van der Waals surface area contributed by atoms with E-state index in [0.29, 0.717) is 0 Å². The molecule has 0 bridgehead atoms. The number of benzene rings is 2. The maximum absolute atomic E-state index is 6.16. The third kappa shape index (κ3) is 1.86. The number of hydrogen-bond acceptors (Lipinski definition) is 1. The summed E-state index contributed by atoms with van der Waals surface area (Å²) in [5.41, 5.74) is 3.85. The molecule has 1 unspecified atom stereocenters. The fourth-order valence-electron chi connectivity index (χ4n) is 2.87. The first-order chi connectivity index (χ1) is 8.81. The molecule has 1 fully saturated rings. The standard InChI is InChI=1S/C15H18BNO/c1-13-7-9-15(10-8-13)16(17-11-12-18-16)14-5-3-2-4-6-14/h2-10H,11-12,17H2,1H3. The van der Waals surface area contributed by atoms with Crippen LogP contribution in [-0.4, -0.2) is 19.6 Å². The zero-order valence-electron chi connectivity index (χ0n) is 10.7. The second kappa shape index (κ2) is 4.60. The van der Waals surface area contributed by atoms with Crippen LogP contribution in [0.5, 0.6) is 0 Å². The van der Waals surface area contributed by atoms with Crippen molar-refractivity contribution in [2.75, 3.05) is 13.2 Å². The summed E-state index contributed by atoms with van der Waals surface area (Å²) in [6.07, 6.45) is 0. The van der Waals surface area contributed by atoms with Crippen molar-refractivity contribution < 1.29 is 9.88 Å². The van der Waals surface area contributed by atoms with E-state index >= 15 is 0 Å². The summed E-state index contributed by atoms with van der Waals surface area (Å²) in [7, 11) is 0. The van der Waals surface area contributed by atoms with Crippen molar-refractivity contribution in [1.29, 1.82) is 0 Å². The molecule has 3 rings (SSSR count). The lowest BCUT2D eigenvalue weighted by molar-refractivity contribution is -0.514. The first-order valence-electron chi connectivity index (χ1n) is 6.58. The highest BCUT2D eigenvalue weighted by Gasteiger charge is 2.39. The minimum atomic E-state index is -1.11. The highest BCUT2D eigenvalue weighted by Crippen LogP contribution is 2.04. The molecule has 92 valence electrons. The van der Waals surface area contributed by atoms with Crippen LogP contribution in [0.4, 0.5) is 0 Å². The van der Waals surface area contributed by atoms with Gasteiger partial charge in [-0.15, -0.1) is 10.9 Å². The minimum absolute atomic E-state index is 0.822. The van der Waals surface area contributed by atoms with E-state index in [4.69, 9.17) is 4.65 Å². The Morgan fingerprint density at radius 1 is 0.944 bits per heavy atom. The van der Waals surface area contributed by atoms with Gasteiger partial charge in [0.05, 0.1) is 13.2 Å². The largest absolute Gasteiger partial charge is 0.528 e. The van der Waals surface area contributed by atoms with Gasteiger partial charge in [-0.1, -0.05) is 60.2 Å². The fourth-order valence-corrected chi connectivity index (χ4v) is 2.87. The van der Waals surface area contributed by atoms with Gasteiger partial charge in [-0.2, -0.15) is 0 Å². The second-order valence-electron chi connectivity index (χ2n) is 5.07. The molecule has 2 aromatic rings. The van der Waals surface area contributed by atoms with Crippen molar-refractivity contribution in [2.45, 2.75) is 6.92 Å². The van der Waals surface area contributed by atoms with Gasteiger partial charge in [-0.3, -0.25) is 0 Å². The van der Waals surface area contributed by atoms with Crippen molar-refractivity contribution in [1.82, 2.24) is 0 Å². The van der Waals surface area contributed by atoms with Crippen LogP contribution >= 0.6 is 0 Å². The monoisotopic (exact) mass is 239 g/mol. The summed E-state index contributed by atoms with van der Waals surface area (Å²) in [6.45, 7) is 2.86. The molecule has 3 heteroatoms. The summed E-state index contributed by atoms with van der Waals surface area (Å²) < 4.78 is 6.16. The van der Waals surface area contributed by atoms with Crippen molar-refractivity contribution in [2.24, 2.45) is 0 Å². The first-order valence-corrected chi connectivity index (χ1v) is 6.58. The normalized spacial score (nSPS) is 23.2. The number of quaternary nitrogens is 1. The average Bonchev–Trinajstić information content (AvgIpc) is 2.91.